The number of fused-ring (bicyclic) bond motifs is 1. The van der Waals surface area contributed by atoms with Gasteiger partial charge < -0.3 is 5.32 Å². The van der Waals surface area contributed by atoms with E-state index in [2.05, 4.69) is 10.3 Å². The van der Waals surface area contributed by atoms with Crippen molar-refractivity contribution in [2.24, 2.45) is 0 Å². The number of thiophene rings is 1. The minimum atomic E-state index is -0.382. The Balaban J connectivity index is 2.05. The Morgan fingerprint density at radius 2 is 1.92 bits per heavy atom. The maximum absolute atomic E-state index is 13.0. The molecule has 1 N–H and O–H groups in total. The van der Waals surface area contributed by atoms with Gasteiger partial charge in [0.25, 0.3) is 5.56 Å². The number of amides is 1. The number of benzene rings is 1. The van der Waals surface area contributed by atoms with Crippen LogP contribution in [0.4, 0.5) is 0 Å². The molecule has 2 aromatic heterocycles. The van der Waals surface area contributed by atoms with E-state index in [1.54, 1.807) is 4.57 Å². The van der Waals surface area contributed by atoms with Crippen LogP contribution in [0.3, 0.4) is 0 Å². The molecule has 0 unspecified atom stereocenters. The number of aromatic nitrogens is 2. The summed E-state index contributed by atoms with van der Waals surface area (Å²) < 4.78 is 2.20. The number of para-hydroxylation sites is 1. The van der Waals surface area contributed by atoms with Gasteiger partial charge in [0.15, 0.2) is 5.16 Å². The molecule has 7 heteroatoms. The van der Waals surface area contributed by atoms with Crippen molar-refractivity contribution in [1.29, 1.82) is 0 Å². The van der Waals surface area contributed by atoms with Gasteiger partial charge in [0.05, 0.1) is 16.5 Å². The first-order chi connectivity index (χ1) is 12.3. The maximum atomic E-state index is 13.0. The van der Waals surface area contributed by atoms with Gasteiger partial charge in [-0.25, -0.2) is 4.98 Å². The fraction of sp³-hybridized carbons (Fsp3) is 0.316. The number of carbonyl (C=O) groups is 1. The number of nitrogens with one attached hydrogen (secondary N) is 1. The summed E-state index contributed by atoms with van der Waals surface area (Å²) in [4.78, 5) is 30.1. The zero-order chi connectivity index (χ0) is 18.9. The normalized spacial score (nSPS) is 12.9. The van der Waals surface area contributed by atoms with E-state index < -0.39 is 0 Å². The van der Waals surface area contributed by atoms with Crippen LogP contribution in [0.1, 0.15) is 27.7 Å². The molecule has 0 saturated carbocycles. The second kappa shape index (κ2) is 7.25. The van der Waals surface area contributed by atoms with E-state index in [0.29, 0.717) is 15.4 Å². The summed E-state index contributed by atoms with van der Waals surface area (Å²) in [5.41, 5.74) is 0.988. The van der Waals surface area contributed by atoms with Gasteiger partial charge in [0.1, 0.15) is 4.70 Å². The highest BCUT2D eigenvalue weighted by Gasteiger charge is 2.23. The lowest BCUT2D eigenvalue weighted by Gasteiger charge is -2.23. The molecular weight excluding hydrogens is 366 g/mol. The second-order valence-electron chi connectivity index (χ2n) is 7.00. The first kappa shape index (κ1) is 18.7. The summed E-state index contributed by atoms with van der Waals surface area (Å²) in [5.74, 6) is -0.0817. The molecule has 136 valence electrons. The van der Waals surface area contributed by atoms with Gasteiger partial charge in [-0.05, 0) is 51.3 Å². The van der Waals surface area contributed by atoms with Crippen molar-refractivity contribution in [3.05, 3.63) is 52.1 Å². The largest absolute Gasteiger partial charge is 0.351 e. The Morgan fingerprint density at radius 3 is 2.58 bits per heavy atom. The molecule has 0 aliphatic heterocycles. The summed E-state index contributed by atoms with van der Waals surface area (Å²) >= 11 is 2.67. The van der Waals surface area contributed by atoms with Crippen molar-refractivity contribution in [1.82, 2.24) is 14.9 Å². The Bertz CT molecular complexity index is 987. The lowest BCUT2D eigenvalue weighted by atomic mass is 10.1. The Hall–Kier alpha value is -2.12. The number of thioether (sulfide) groups is 1. The summed E-state index contributed by atoms with van der Waals surface area (Å²) in [6, 6.07) is 11.2. The first-order valence-corrected chi connectivity index (χ1v) is 10.1. The third kappa shape index (κ3) is 3.99. The summed E-state index contributed by atoms with van der Waals surface area (Å²) in [5, 5.41) is 4.97. The molecule has 26 heavy (non-hydrogen) atoms. The van der Waals surface area contributed by atoms with Crippen LogP contribution in [0.2, 0.25) is 0 Å². The molecule has 0 fully saturated rings. The summed E-state index contributed by atoms with van der Waals surface area (Å²) in [6.45, 7) is 7.65. The molecule has 1 atom stereocenters. The Labute approximate surface area is 160 Å². The van der Waals surface area contributed by atoms with E-state index in [-0.39, 0.29) is 22.3 Å². The van der Waals surface area contributed by atoms with Crippen molar-refractivity contribution in [3.8, 4) is 5.69 Å². The molecule has 0 spiro atoms. The molecule has 2 heterocycles. The molecule has 0 bridgehead atoms. The monoisotopic (exact) mass is 387 g/mol. The average molecular weight is 388 g/mol. The molecule has 0 radical (unpaired) electrons. The van der Waals surface area contributed by atoms with Crippen LogP contribution >= 0.6 is 23.1 Å². The third-order valence-electron chi connectivity index (χ3n) is 3.61. The number of hydrogen-bond donors (Lipinski definition) is 1. The van der Waals surface area contributed by atoms with Crippen molar-refractivity contribution in [3.63, 3.8) is 0 Å². The quantitative estimate of drug-likeness (QED) is 0.546. The van der Waals surface area contributed by atoms with Gasteiger partial charge in [-0.2, -0.15) is 0 Å². The summed E-state index contributed by atoms with van der Waals surface area (Å²) in [7, 11) is 0. The van der Waals surface area contributed by atoms with Crippen LogP contribution in [0.15, 0.2) is 51.7 Å². The SMILES string of the molecule is C[C@H](Sc1nc2ccsc2c(=O)n1-c1ccccc1)C(=O)NC(C)(C)C. The van der Waals surface area contributed by atoms with Crippen molar-refractivity contribution in [2.75, 3.05) is 0 Å². The lowest BCUT2D eigenvalue weighted by Crippen LogP contribution is -2.44. The highest BCUT2D eigenvalue weighted by molar-refractivity contribution is 8.00. The number of nitrogens with zero attached hydrogens (tertiary/aromatic N) is 2. The molecule has 5 nitrogen and oxygen atoms in total. The van der Waals surface area contributed by atoms with E-state index >= 15 is 0 Å². The number of hydrogen-bond acceptors (Lipinski definition) is 5. The Kier molecular flexibility index (Phi) is 5.20. The highest BCUT2D eigenvalue weighted by Crippen LogP contribution is 2.26. The topological polar surface area (TPSA) is 64.0 Å². The maximum Gasteiger partial charge on any atom is 0.276 e. The first-order valence-electron chi connectivity index (χ1n) is 8.30. The van der Waals surface area contributed by atoms with Crippen LogP contribution in [0, 0.1) is 0 Å². The third-order valence-corrected chi connectivity index (χ3v) is 5.56. The van der Waals surface area contributed by atoms with Crippen molar-refractivity contribution >= 4 is 39.2 Å². The van der Waals surface area contributed by atoms with Gasteiger partial charge >= 0.3 is 0 Å². The minimum absolute atomic E-state index is 0.0817. The van der Waals surface area contributed by atoms with Crippen LogP contribution < -0.4 is 10.9 Å². The molecule has 0 aliphatic rings. The van der Waals surface area contributed by atoms with E-state index in [0.717, 1.165) is 5.69 Å². The molecule has 0 saturated heterocycles. The van der Waals surface area contributed by atoms with Crippen LogP contribution in [-0.4, -0.2) is 26.2 Å². The highest BCUT2D eigenvalue weighted by atomic mass is 32.2. The number of rotatable bonds is 4. The molecular formula is C19H21N3O2S2. The zero-order valence-electron chi connectivity index (χ0n) is 15.1. The number of carbonyl (C=O) groups excluding carboxylic acids is 1. The van der Waals surface area contributed by atoms with Crippen LogP contribution in [0.25, 0.3) is 15.9 Å². The molecule has 3 rings (SSSR count). The van der Waals surface area contributed by atoms with E-state index in [1.807, 2.05) is 69.5 Å². The zero-order valence-corrected chi connectivity index (χ0v) is 16.8. The molecule has 1 amide bonds. The van der Waals surface area contributed by atoms with E-state index in [4.69, 9.17) is 0 Å². The predicted molar refractivity (Wildman–Crippen MR) is 108 cm³/mol. The van der Waals surface area contributed by atoms with Crippen molar-refractivity contribution in [2.45, 2.75) is 43.6 Å². The average Bonchev–Trinajstić information content (AvgIpc) is 3.03. The fourth-order valence-corrected chi connectivity index (χ4v) is 4.15. The minimum Gasteiger partial charge on any atom is -0.351 e. The molecule has 3 aromatic rings. The predicted octanol–water partition coefficient (Wildman–Crippen LogP) is 3.84. The van der Waals surface area contributed by atoms with Gasteiger partial charge in [-0.15, -0.1) is 11.3 Å². The van der Waals surface area contributed by atoms with Gasteiger partial charge in [-0.1, -0.05) is 30.0 Å². The molecule has 0 aliphatic carbocycles. The molecule has 1 aromatic carbocycles. The van der Waals surface area contributed by atoms with Crippen LogP contribution in [0.5, 0.6) is 0 Å². The summed E-state index contributed by atoms with van der Waals surface area (Å²) in [6.07, 6.45) is 0. The van der Waals surface area contributed by atoms with Gasteiger partial charge in [0.2, 0.25) is 5.91 Å². The van der Waals surface area contributed by atoms with Crippen molar-refractivity contribution < 1.29 is 4.79 Å². The van der Waals surface area contributed by atoms with Crippen LogP contribution in [-0.2, 0) is 4.79 Å². The van der Waals surface area contributed by atoms with Gasteiger partial charge in [0, 0.05) is 5.54 Å². The second-order valence-corrected chi connectivity index (χ2v) is 9.23. The fourth-order valence-electron chi connectivity index (χ4n) is 2.46. The Morgan fingerprint density at radius 1 is 1.23 bits per heavy atom. The van der Waals surface area contributed by atoms with Gasteiger partial charge in [-0.3, -0.25) is 14.2 Å². The van der Waals surface area contributed by atoms with E-state index in [9.17, 15) is 9.59 Å². The van der Waals surface area contributed by atoms with E-state index in [1.165, 1.54) is 23.1 Å². The smallest absolute Gasteiger partial charge is 0.276 e. The lowest BCUT2D eigenvalue weighted by molar-refractivity contribution is -0.121. The standard InChI is InChI=1S/C19H21N3O2S2/c1-12(16(23)21-19(2,3)4)26-18-20-14-10-11-25-15(14)17(24)22(18)13-8-6-5-7-9-13/h5-12H,1-4H3,(H,21,23)/t12-/m0/s1.